The highest BCUT2D eigenvalue weighted by molar-refractivity contribution is 7.86. The normalized spacial score (nSPS) is 13.1. The van der Waals surface area contributed by atoms with Crippen LogP contribution >= 0.6 is 11.6 Å². The molecule has 4 aromatic rings. The van der Waals surface area contributed by atoms with Gasteiger partial charge in [-0.05, 0) is 48.9 Å². The second-order valence-electron chi connectivity index (χ2n) is 7.52. The van der Waals surface area contributed by atoms with E-state index in [-0.39, 0.29) is 0 Å². The molecule has 0 aliphatic rings. The number of halogens is 1. The number of aliphatic hydroxyl groups excluding tert-OH is 1. The summed E-state index contributed by atoms with van der Waals surface area (Å²) in [6.45, 7) is 3.33. The number of nitrogens with zero attached hydrogens (tertiary/aromatic N) is 1. The van der Waals surface area contributed by atoms with E-state index in [1.54, 1.807) is 30.3 Å². The molecule has 1 aromatic heterocycles. The highest BCUT2D eigenvalue weighted by Crippen LogP contribution is 2.27. The van der Waals surface area contributed by atoms with Gasteiger partial charge in [0.15, 0.2) is 0 Å². The fourth-order valence-corrected chi connectivity index (χ4v) is 4.46. The Morgan fingerprint density at radius 3 is 2.79 bits per heavy atom. The summed E-state index contributed by atoms with van der Waals surface area (Å²) in [5, 5.41) is 22.5. The van der Waals surface area contributed by atoms with E-state index < -0.39 is 17.1 Å². The zero-order valence-electron chi connectivity index (χ0n) is 18.0. The van der Waals surface area contributed by atoms with Crippen molar-refractivity contribution in [2.45, 2.75) is 17.9 Å². The average Bonchev–Trinajstić information content (AvgIpc) is 3.20. The van der Waals surface area contributed by atoms with E-state index in [2.05, 4.69) is 20.2 Å². The molecule has 0 bridgehead atoms. The second-order valence-corrected chi connectivity index (χ2v) is 9.14. The number of hydrogen-bond acceptors (Lipinski definition) is 5. The summed E-state index contributed by atoms with van der Waals surface area (Å²) < 4.78 is 21.2. The maximum Gasteiger partial charge on any atom is 0.150 e. The molecule has 0 amide bonds. The summed E-state index contributed by atoms with van der Waals surface area (Å²) >= 11 is 6.26. The van der Waals surface area contributed by atoms with Gasteiger partial charge in [0.25, 0.3) is 0 Å². The highest BCUT2D eigenvalue weighted by Gasteiger charge is 2.12. The van der Waals surface area contributed by atoms with Crippen LogP contribution in [0.4, 0.5) is 5.69 Å². The molecule has 0 fully saturated rings. The van der Waals surface area contributed by atoms with E-state index in [0.717, 1.165) is 22.3 Å². The molecule has 2 atom stereocenters. The molecule has 3 aromatic carbocycles. The van der Waals surface area contributed by atoms with Gasteiger partial charge in [0, 0.05) is 30.2 Å². The van der Waals surface area contributed by atoms with Gasteiger partial charge in [-0.15, -0.1) is 0 Å². The van der Waals surface area contributed by atoms with Crippen LogP contribution in [0, 0.1) is 6.92 Å². The number of anilines is 1. The van der Waals surface area contributed by atoms with Crippen molar-refractivity contribution in [1.82, 2.24) is 15.5 Å². The first kappa shape index (κ1) is 23.3. The van der Waals surface area contributed by atoms with Crippen molar-refractivity contribution < 1.29 is 14.1 Å². The summed E-state index contributed by atoms with van der Waals surface area (Å²) in [5.41, 5.74) is 3.07. The lowest BCUT2D eigenvalue weighted by atomic mass is 10.1. The average molecular weight is 485 g/mol. The Bertz CT molecular complexity index is 1250. The van der Waals surface area contributed by atoms with Crippen LogP contribution in [0.2, 0.25) is 5.02 Å². The standard InChI is InChI=1S/C24H25ClN4O3S/c1-16-20-9-8-18(14-22(20)28-27-16)32-12-11-26-15-24(30)17-7-10-21(25)23(13-17)29-33(31)19-5-3-2-4-6-19/h2-10,13-14,24,26,29-30H,11-12,15H2,1H3,(H,27,28)/t24-,33?/m0/s1. The molecule has 7 nitrogen and oxygen atoms in total. The summed E-state index contributed by atoms with van der Waals surface area (Å²) in [5.74, 6) is 0.746. The number of benzene rings is 3. The van der Waals surface area contributed by atoms with Crippen LogP contribution in [-0.4, -0.2) is 39.2 Å². The lowest BCUT2D eigenvalue weighted by Crippen LogP contribution is -2.26. The summed E-state index contributed by atoms with van der Waals surface area (Å²) in [6.07, 6.45) is -0.753. The SMILES string of the molecule is Cc1[nH]nc2cc(OCCNC[C@H](O)c3ccc(Cl)c(NS(=O)c4ccccc4)c3)ccc12. The van der Waals surface area contributed by atoms with Crippen LogP contribution in [-0.2, 0) is 11.0 Å². The molecule has 1 unspecified atom stereocenters. The van der Waals surface area contributed by atoms with Crippen molar-refractivity contribution in [3.05, 3.63) is 83.0 Å². The van der Waals surface area contributed by atoms with Gasteiger partial charge >= 0.3 is 0 Å². The predicted molar refractivity (Wildman–Crippen MR) is 132 cm³/mol. The molecular formula is C24H25ClN4O3S. The summed E-state index contributed by atoms with van der Waals surface area (Å²) in [4.78, 5) is 0.641. The van der Waals surface area contributed by atoms with E-state index in [9.17, 15) is 9.32 Å². The summed E-state index contributed by atoms with van der Waals surface area (Å²) in [7, 11) is -1.45. The number of aliphatic hydroxyl groups is 1. The number of rotatable bonds is 10. The Balaban J connectivity index is 1.27. The topological polar surface area (TPSA) is 99.3 Å². The van der Waals surface area contributed by atoms with E-state index in [0.29, 0.717) is 40.9 Å². The molecule has 0 spiro atoms. The van der Waals surface area contributed by atoms with Crippen molar-refractivity contribution in [3.63, 3.8) is 0 Å². The van der Waals surface area contributed by atoms with Crippen molar-refractivity contribution in [2.75, 3.05) is 24.4 Å². The van der Waals surface area contributed by atoms with E-state index >= 15 is 0 Å². The fourth-order valence-electron chi connectivity index (χ4n) is 3.34. The lowest BCUT2D eigenvalue weighted by Gasteiger charge is -2.15. The molecule has 9 heteroatoms. The lowest BCUT2D eigenvalue weighted by molar-refractivity contribution is 0.172. The second kappa shape index (κ2) is 10.8. The van der Waals surface area contributed by atoms with Gasteiger partial charge in [-0.25, -0.2) is 4.21 Å². The molecule has 172 valence electrons. The molecule has 1 heterocycles. The monoisotopic (exact) mass is 484 g/mol. The third-order valence-electron chi connectivity index (χ3n) is 5.14. The Morgan fingerprint density at radius 2 is 1.97 bits per heavy atom. The maximum absolute atomic E-state index is 12.5. The van der Waals surface area contributed by atoms with Gasteiger partial charge in [-0.1, -0.05) is 35.9 Å². The van der Waals surface area contributed by atoms with Gasteiger partial charge in [-0.3, -0.25) is 9.82 Å². The van der Waals surface area contributed by atoms with Crippen LogP contribution in [0.1, 0.15) is 17.4 Å². The van der Waals surface area contributed by atoms with Gasteiger partial charge in [0.2, 0.25) is 0 Å². The van der Waals surface area contributed by atoms with Crippen LogP contribution in [0.15, 0.2) is 71.6 Å². The number of H-pyrrole nitrogens is 1. The van der Waals surface area contributed by atoms with Crippen molar-refractivity contribution >= 4 is 39.2 Å². The minimum absolute atomic E-state index is 0.337. The number of aromatic amines is 1. The zero-order valence-corrected chi connectivity index (χ0v) is 19.6. The number of fused-ring (bicyclic) bond motifs is 1. The van der Waals surface area contributed by atoms with E-state index in [4.69, 9.17) is 16.3 Å². The van der Waals surface area contributed by atoms with Gasteiger partial charge in [0.1, 0.15) is 23.3 Å². The minimum Gasteiger partial charge on any atom is -0.492 e. The number of aromatic nitrogens is 2. The van der Waals surface area contributed by atoms with Gasteiger partial charge in [-0.2, -0.15) is 5.10 Å². The first-order chi connectivity index (χ1) is 16.0. The largest absolute Gasteiger partial charge is 0.492 e. The van der Waals surface area contributed by atoms with Crippen LogP contribution < -0.4 is 14.8 Å². The molecule has 0 aliphatic heterocycles. The minimum atomic E-state index is -1.45. The zero-order chi connectivity index (χ0) is 23.2. The molecule has 0 saturated heterocycles. The third kappa shape index (κ3) is 5.91. The molecule has 4 N–H and O–H groups in total. The number of nitrogens with one attached hydrogen (secondary N) is 3. The molecule has 33 heavy (non-hydrogen) atoms. The van der Waals surface area contributed by atoms with Crippen LogP contribution in [0.5, 0.6) is 5.75 Å². The molecule has 4 rings (SSSR count). The Labute approximate surface area is 199 Å². The fraction of sp³-hybridized carbons (Fsp3) is 0.208. The number of ether oxygens (including phenoxy) is 1. The quantitative estimate of drug-likeness (QED) is 0.251. The molecule has 0 radical (unpaired) electrons. The smallest absolute Gasteiger partial charge is 0.150 e. The number of aryl methyl sites for hydroxylation is 1. The van der Waals surface area contributed by atoms with Crippen LogP contribution in [0.25, 0.3) is 10.9 Å². The molecular weight excluding hydrogens is 460 g/mol. The van der Waals surface area contributed by atoms with Crippen molar-refractivity contribution in [1.29, 1.82) is 0 Å². The predicted octanol–water partition coefficient (Wildman–Crippen LogP) is 4.36. The first-order valence-electron chi connectivity index (χ1n) is 10.5. The van der Waals surface area contributed by atoms with Crippen LogP contribution in [0.3, 0.4) is 0 Å². The Kier molecular flexibility index (Phi) is 7.61. The first-order valence-corrected chi connectivity index (χ1v) is 12.0. The maximum atomic E-state index is 12.5. The Hall–Kier alpha value is -2.91. The van der Waals surface area contributed by atoms with Crippen molar-refractivity contribution in [3.8, 4) is 5.75 Å². The third-order valence-corrected chi connectivity index (χ3v) is 6.57. The number of hydrogen-bond donors (Lipinski definition) is 4. The van der Waals surface area contributed by atoms with Gasteiger partial charge in [0.05, 0.1) is 27.2 Å². The van der Waals surface area contributed by atoms with E-state index in [1.807, 2.05) is 43.3 Å². The van der Waals surface area contributed by atoms with Crippen molar-refractivity contribution in [2.24, 2.45) is 0 Å². The highest BCUT2D eigenvalue weighted by atomic mass is 35.5. The molecule has 0 saturated carbocycles. The molecule has 0 aliphatic carbocycles. The van der Waals surface area contributed by atoms with E-state index in [1.165, 1.54) is 0 Å². The summed E-state index contributed by atoms with van der Waals surface area (Å²) in [6, 6.07) is 20.0. The Morgan fingerprint density at radius 1 is 1.15 bits per heavy atom. The van der Waals surface area contributed by atoms with Gasteiger partial charge < -0.3 is 15.2 Å².